The van der Waals surface area contributed by atoms with E-state index in [0.717, 1.165) is 5.56 Å². The molecule has 2 N–H and O–H groups in total. The summed E-state index contributed by atoms with van der Waals surface area (Å²) in [7, 11) is 1.49. The molecular formula is C11H16FNO2. The second kappa shape index (κ2) is 5.68. The van der Waals surface area contributed by atoms with Gasteiger partial charge in [-0.3, -0.25) is 0 Å². The molecule has 0 aliphatic rings. The van der Waals surface area contributed by atoms with Gasteiger partial charge in [-0.2, -0.15) is 0 Å². The molecule has 1 aromatic rings. The minimum Gasteiger partial charge on any atom is -0.464 e. The molecule has 1 unspecified atom stereocenters. The van der Waals surface area contributed by atoms with Gasteiger partial charge in [0.05, 0.1) is 0 Å². The van der Waals surface area contributed by atoms with Crippen LogP contribution in [0.4, 0.5) is 4.39 Å². The van der Waals surface area contributed by atoms with Gasteiger partial charge >= 0.3 is 0 Å². The quantitative estimate of drug-likeness (QED) is 0.757. The standard InChI is InChI=1S/C11H16FNO2/c1-8(13)6-9-4-3-5-10(12)11(9)15-7-14-2/h3-5,8H,6-7,13H2,1-2H3. The van der Waals surface area contributed by atoms with Gasteiger partial charge in [0, 0.05) is 13.2 Å². The molecular weight excluding hydrogens is 197 g/mol. The minimum atomic E-state index is -0.384. The Balaban J connectivity index is 2.87. The van der Waals surface area contributed by atoms with Crippen LogP contribution in [0.3, 0.4) is 0 Å². The third-order valence-electron chi connectivity index (χ3n) is 1.91. The van der Waals surface area contributed by atoms with E-state index in [2.05, 4.69) is 0 Å². The Labute approximate surface area is 89.0 Å². The molecule has 0 saturated heterocycles. The maximum Gasteiger partial charge on any atom is 0.188 e. The van der Waals surface area contributed by atoms with E-state index in [1.165, 1.54) is 13.2 Å². The highest BCUT2D eigenvalue weighted by atomic mass is 19.1. The van der Waals surface area contributed by atoms with Gasteiger partial charge in [0.1, 0.15) is 0 Å². The lowest BCUT2D eigenvalue weighted by Crippen LogP contribution is -2.18. The molecule has 0 fully saturated rings. The Morgan fingerprint density at radius 2 is 2.20 bits per heavy atom. The third kappa shape index (κ3) is 3.49. The highest BCUT2D eigenvalue weighted by Crippen LogP contribution is 2.23. The minimum absolute atomic E-state index is 0.0308. The van der Waals surface area contributed by atoms with E-state index in [4.69, 9.17) is 15.2 Å². The molecule has 0 saturated carbocycles. The SMILES string of the molecule is COCOc1c(F)cccc1CC(C)N. The van der Waals surface area contributed by atoms with Gasteiger partial charge in [-0.1, -0.05) is 12.1 Å². The zero-order valence-corrected chi connectivity index (χ0v) is 9.00. The molecule has 0 aliphatic carbocycles. The highest BCUT2D eigenvalue weighted by molar-refractivity contribution is 5.35. The largest absolute Gasteiger partial charge is 0.464 e. The first kappa shape index (κ1) is 11.9. The number of hydrogen-bond donors (Lipinski definition) is 1. The van der Waals surface area contributed by atoms with E-state index in [-0.39, 0.29) is 24.4 Å². The zero-order valence-electron chi connectivity index (χ0n) is 9.00. The van der Waals surface area contributed by atoms with Crippen LogP contribution in [0, 0.1) is 5.82 Å². The number of rotatable bonds is 5. The van der Waals surface area contributed by atoms with Crippen molar-refractivity contribution in [3.8, 4) is 5.75 Å². The number of ether oxygens (including phenoxy) is 2. The van der Waals surface area contributed by atoms with Crippen LogP contribution in [0.2, 0.25) is 0 Å². The van der Waals surface area contributed by atoms with Crippen LogP contribution in [-0.4, -0.2) is 19.9 Å². The van der Waals surface area contributed by atoms with Crippen LogP contribution in [0.1, 0.15) is 12.5 Å². The van der Waals surface area contributed by atoms with Crippen molar-refractivity contribution in [3.63, 3.8) is 0 Å². The van der Waals surface area contributed by atoms with E-state index < -0.39 is 0 Å². The number of para-hydroxylation sites is 1. The van der Waals surface area contributed by atoms with Crippen molar-refractivity contribution in [2.24, 2.45) is 5.73 Å². The van der Waals surface area contributed by atoms with E-state index in [0.29, 0.717) is 6.42 Å². The molecule has 0 spiro atoms. The van der Waals surface area contributed by atoms with Crippen molar-refractivity contribution in [1.29, 1.82) is 0 Å². The Morgan fingerprint density at radius 3 is 2.80 bits per heavy atom. The number of hydrogen-bond acceptors (Lipinski definition) is 3. The van der Waals surface area contributed by atoms with Crippen LogP contribution in [0.5, 0.6) is 5.75 Å². The normalized spacial score (nSPS) is 12.5. The molecule has 0 aliphatic heterocycles. The van der Waals surface area contributed by atoms with Crippen LogP contribution >= 0.6 is 0 Å². The lowest BCUT2D eigenvalue weighted by atomic mass is 10.1. The van der Waals surface area contributed by atoms with Crippen molar-refractivity contribution in [1.82, 2.24) is 0 Å². The number of benzene rings is 1. The van der Waals surface area contributed by atoms with Gasteiger partial charge < -0.3 is 15.2 Å². The number of nitrogens with two attached hydrogens (primary N) is 1. The molecule has 0 radical (unpaired) electrons. The molecule has 1 rings (SSSR count). The van der Waals surface area contributed by atoms with Gasteiger partial charge in [-0.15, -0.1) is 0 Å². The van der Waals surface area contributed by atoms with Crippen LogP contribution in [0.15, 0.2) is 18.2 Å². The fourth-order valence-electron chi connectivity index (χ4n) is 1.34. The fraction of sp³-hybridized carbons (Fsp3) is 0.455. The van der Waals surface area contributed by atoms with Gasteiger partial charge in [-0.05, 0) is 25.0 Å². The maximum absolute atomic E-state index is 13.4. The average Bonchev–Trinajstić information content (AvgIpc) is 2.16. The van der Waals surface area contributed by atoms with Gasteiger partial charge in [0.2, 0.25) is 0 Å². The summed E-state index contributed by atoms with van der Waals surface area (Å²) in [4.78, 5) is 0. The zero-order chi connectivity index (χ0) is 11.3. The molecule has 0 heterocycles. The molecule has 0 aromatic heterocycles. The summed E-state index contributed by atoms with van der Waals surface area (Å²) in [5.74, 6) is -0.151. The molecule has 4 heteroatoms. The van der Waals surface area contributed by atoms with Crippen molar-refractivity contribution < 1.29 is 13.9 Å². The lowest BCUT2D eigenvalue weighted by Gasteiger charge is -2.12. The number of halogens is 1. The summed E-state index contributed by atoms with van der Waals surface area (Å²) in [6, 6.07) is 4.77. The second-order valence-electron chi connectivity index (χ2n) is 3.46. The summed E-state index contributed by atoms with van der Waals surface area (Å²) in [5, 5.41) is 0. The monoisotopic (exact) mass is 213 g/mol. The third-order valence-corrected chi connectivity index (χ3v) is 1.91. The van der Waals surface area contributed by atoms with E-state index in [1.54, 1.807) is 12.1 Å². The highest BCUT2D eigenvalue weighted by Gasteiger charge is 2.10. The van der Waals surface area contributed by atoms with Crippen molar-refractivity contribution >= 4 is 0 Å². The summed E-state index contributed by atoms with van der Waals surface area (Å²) >= 11 is 0. The Morgan fingerprint density at radius 1 is 1.47 bits per heavy atom. The van der Waals surface area contributed by atoms with Crippen molar-refractivity contribution in [2.75, 3.05) is 13.9 Å². The smallest absolute Gasteiger partial charge is 0.188 e. The van der Waals surface area contributed by atoms with Gasteiger partial charge in [-0.25, -0.2) is 4.39 Å². The van der Waals surface area contributed by atoms with Crippen molar-refractivity contribution in [2.45, 2.75) is 19.4 Å². The summed E-state index contributed by atoms with van der Waals surface area (Å²) < 4.78 is 23.3. The fourth-order valence-corrected chi connectivity index (χ4v) is 1.34. The molecule has 15 heavy (non-hydrogen) atoms. The van der Waals surface area contributed by atoms with Crippen LogP contribution in [0.25, 0.3) is 0 Å². The molecule has 84 valence electrons. The molecule has 3 nitrogen and oxygen atoms in total. The Bertz CT molecular complexity index is 315. The van der Waals surface area contributed by atoms with E-state index in [9.17, 15) is 4.39 Å². The molecule has 1 aromatic carbocycles. The summed E-state index contributed by atoms with van der Waals surface area (Å²) in [6.07, 6.45) is 0.580. The van der Waals surface area contributed by atoms with Gasteiger partial charge in [0.25, 0.3) is 0 Å². The molecule has 0 bridgehead atoms. The second-order valence-corrected chi connectivity index (χ2v) is 3.46. The maximum atomic E-state index is 13.4. The first-order chi connectivity index (χ1) is 7.15. The van der Waals surface area contributed by atoms with Crippen LogP contribution in [-0.2, 0) is 11.2 Å². The number of methoxy groups -OCH3 is 1. The Hall–Kier alpha value is -1.13. The summed E-state index contributed by atoms with van der Waals surface area (Å²) in [5.41, 5.74) is 6.43. The molecule has 0 amide bonds. The topological polar surface area (TPSA) is 44.5 Å². The Kier molecular flexibility index (Phi) is 4.52. The first-order valence-corrected chi connectivity index (χ1v) is 4.80. The molecule has 1 atom stereocenters. The predicted molar refractivity (Wildman–Crippen MR) is 56.3 cm³/mol. The van der Waals surface area contributed by atoms with E-state index >= 15 is 0 Å². The van der Waals surface area contributed by atoms with E-state index in [1.807, 2.05) is 6.92 Å². The van der Waals surface area contributed by atoms with Gasteiger partial charge in [0.15, 0.2) is 18.4 Å². The lowest BCUT2D eigenvalue weighted by molar-refractivity contribution is 0.0475. The first-order valence-electron chi connectivity index (χ1n) is 4.80. The van der Waals surface area contributed by atoms with Crippen molar-refractivity contribution in [3.05, 3.63) is 29.6 Å². The predicted octanol–water partition coefficient (Wildman–Crippen LogP) is 1.70. The van der Waals surface area contributed by atoms with Crippen LogP contribution < -0.4 is 10.5 Å². The average molecular weight is 213 g/mol. The summed E-state index contributed by atoms with van der Waals surface area (Å²) in [6.45, 7) is 1.90.